The van der Waals surface area contributed by atoms with Crippen molar-refractivity contribution >= 4 is 21.6 Å². The molecule has 0 unspecified atom stereocenters. The number of rotatable bonds is 7. The molecule has 1 aliphatic carbocycles. The highest BCUT2D eigenvalue weighted by Crippen LogP contribution is 2.20. The maximum atomic E-state index is 11.8. The van der Waals surface area contributed by atoms with Crippen LogP contribution in [0.3, 0.4) is 0 Å². The Hall–Kier alpha value is -0.820. The van der Waals surface area contributed by atoms with Crippen LogP contribution >= 0.6 is 11.6 Å². The molecule has 0 atom stereocenters. The first-order chi connectivity index (χ1) is 8.47. The van der Waals surface area contributed by atoms with Gasteiger partial charge in [-0.05, 0) is 25.0 Å². The summed E-state index contributed by atoms with van der Waals surface area (Å²) < 4.78 is 31.1. The van der Waals surface area contributed by atoms with Gasteiger partial charge >= 0.3 is 0 Å². The van der Waals surface area contributed by atoms with Crippen LogP contribution in [-0.2, 0) is 16.6 Å². The van der Waals surface area contributed by atoms with Crippen molar-refractivity contribution < 1.29 is 12.8 Å². The van der Waals surface area contributed by atoms with Crippen molar-refractivity contribution in [1.82, 2.24) is 10.0 Å². The molecule has 1 aromatic rings. The summed E-state index contributed by atoms with van der Waals surface area (Å²) in [6.45, 7) is 3.94. The van der Waals surface area contributed by atoms with Crippen molar-refractivity contribution in [3.05, 3.63) is 29.5 Å². The summed E-state index contributed by atoms with van der Waals surface area (Å²) >= 11 is 5.51. The molecule has 0 aliphatic heterocycles. The highest BCUT2D eigenvalue weighted by molar-refractivity contribution is 7.89. The molecule has 100 valence electrons. The standard InChI is InChI=1S/C11H15ClN2O3S/c1-8(12)6-14-18(15,16)11-5-4-10(17-11)7-13-9-2-3-9/h4-5,9,13-14H,1-3,6-7H2. The lowest BCUT2D eigenvalue weighted by Crippen LogP contribution is -2.24. The van der Waals surface area contributed by atoms with Crippen LogP contribution in [0.5, 0.6) is 0 Å². The molecule has 2 rings (SSSR count). The largest absolute Gasteiger partial charge is 0.447 e. The molecule has 18 heavy (non-hydrogen) atoms. The maximum absolute atomic E-state index is 11.8. The van der Waals surface area contributed by atoms with Gasteiger partial charge in [-0.15, -0.1) is 0 Å². The second-order valence-electron chi connectivity index (χ2n) is 4.22. The Balaban J connectivity index is 1.96. The van der Waals surface area contributed by atoms with Gasteiger partial charge in [0.15, 0.2) is 0 Å². The molecular formula is C11H15ClN2O3S. The van der Waals surface area contributed by atoms with Crippen LogP contribution in [0.4, 0.5) is 0 Å². The van der Waals surface area contributed by atoms with Crippen molar-refractivity contribution in [2.24, 2.45) is 0 Å². The normalized spacial score (nSPS) is 15.8. The summed E-state index contributed by atoms with van der Waals surface area (Å²) in [6.07, 6.45) is 2.34. The van der Waals surface area contributed by atoms with Gasteiger partial charge in [-0.3, -0.25) is 0 Å². The van der Waals surface area contributed by atoms with Crippen LogP contribution in [0.2, 0.25) is 0 Å². The van der Waals surface area contributed by atoms with Gasteiger partial charge in [-0.1, -0.05) is 18.2 Å². The van der Waals surface area contributed by atoms with Crippen LogP contribution in [0, 0.1) is 0 Å². The summed E-state index contributed by atoms with van der Waals surface area (Å²) in [5.74, 6) is 0.604. The van der Waals surface area contributed by atoms with E-state index in [-0.39, 0.29) is 16.7 Å². The third kappa shape index (κ3) is 3.84. The molecule has 5 nitrogen and oxygen atoms in total. The second-order valence-corrected chi connectivity index (χ2v) is 6.45. The third-order valence-corrected chi connectivity index (χ3v) is 3.91. The van der Waals surface area contributed by atoms with Gasteiger partial charge in [-0.2, -0.15) is 0 Å². The summed E-state index contributed by atoms with van der Waals surface area (Å²) in [4.78, 5) is 0. The van der Waals surface area contributed by atoms with Crippen molar-refractivity contribution in [3.8, 4) is 0 Å². The summed E-state index contributed by atoms with van der Waals surface area (Å²) in [7, 11) is -3.65. The number of nitrogens with one attached hydrogen (secondary N) is 2. The third-order valence-electron chi connectivity index (χ3n) is 2.50. The Bertz CT molecular complexity index is 534. The van der Waals surface area contributed by atoms with E-state index in [9.17, 15) is 8.42 Å². The molecule has 0 bridgehead atoms. The quantitative estimate of drug-likeness (QED) is 0.799. The Morgan fingerprint density at radius 3 is 2.83 bits per heavy atom. The van der Waals surface area contributed by atoms with E-state index >= 15 is 0 Å². The smallest absolute Gasteiger partial charge is 0.274 e. The molecule has 2 N–H and O–H groups in total. The first-order valence-corrected chi connectivity index (χ1v) is 7.48. The number of halogens is 1. The zero-order valence-corrected chi connectivity index (χ0v) is 11.4. The molecule has 0 aromatic carbocycles. The number of sulfonamides is 1. The minimum Gasteiger partial charge on any atom is -0.447 e. The number of hydrogen-bond donors (Lipinski definition) is 2. The molecule has 1 aliphatic rings. The Kier molecular flexibility index (Phi) is 4.11. The van der Waals surface area contributed by atoms with Gasteiger partial charge in [-0.25, -0.2) is 13.1 Å². The van der Waals surface area contributed by atoms with Gasteiger partial charge in [0.25, 0.3) is 10.0 Å². The van der Waals surface area contributed by atoms with Crippen molar-refractivity contribution in [1.29, 1.82) is 0 Å². The summed E-state index contributed by atoms with van der Waals surface area (Å²) in [6, 6.07) is 3.63. The van der Waals surface area contributed by atoms with E-state index in [1.807, 2.05) is 0 Å². The highest BCUT2D eigenvalue weighted by atomic mass is 35.5. The molecule has 0 spiro atoms. The molecule has 1 saturated carbocycles. The Morgan fingerprint density at radius 2 is 2.22 bits per heavy atom. The zero-order chi connectivity index (χ0) is 13.2. The summed E-state index contributed by atoms with van der Waals surface area (Å²) in [5.41, 5.74) is 0. The SMILES string of the molecule is C=C(Cl)CNS(=O)(=O)c1ccc(CNC2CC2)o1. The van der Waals surface area contributed by atoms with Gasteiger partial charge in [0.1, 0.15) is 5.76 Å². The van der Waals surface area contributed by atoms with E-state index in [0.29, 0.717) is 18.3 Å². The Labute approximate surface area is 111 Å². The van der Waals surface area contributed by atoms with Crippen LogP contribution < -0.4 is 10.0 Å². The first-order valence-electron chi connectivity index (χ1n) is 5.62. The van der Waals surface area contributed by atoms with Crippen molar-refractivity contribution in [2.45, 2.75) is 30.5 Å². The van der Waals surface area contributed by atoms with E-state index in [2.05, 4.69) is 16.6 Å². The summed E-state index contributed by atoms with van der Waals surface area (Å²) in [5, 5.41) is 3.36. The number of hydrogen-bond acceptors (Lipinski definition) is 4. The fourth-order valence-corrected chi connectivity index (χ4v) is 2.49. The lowest BCUT2D eigenvalue weighted by atomic mass is 10.4. The zero-order valence-electron chi connectivity index (χ0n) is 9.78. The van der Waals surface area contributed by atoms with Gasteiger partial charge in [0, 0.05) is 17.6 Å². The molecule has 0 saturated heterocycles. The van der Waals surface area contributed by atoms with Crippen LogP contribution in [0.1, 0.15) is 18.6 Å². The monoisotopic (exact) mass is 290 g/mol. The minimum absolute atomic E-state index is 0.0136. The molecule has 1 heterocycles. The van der Waals surface area contributed by atoms with E-state index in [0.717, 1.165) is 0 Å². The number of furan rings is 1. The van der Waals surface area contributed by atoms with Gasteiger partial charge < -0.3 is 9.73 Å². The highest BCUT2D eigenvalue weighted by Gasteiger charge is 2.22. The predicted octanol–water partition coefficient (Wildman–Crippen LogP) is 1.56. The van der Waals surface area contributed by atoms with Gasteiger partial charge in [0.05, 0.1) is 6.54 Å². The molecule has 1 fully saturated rings. The van der Waals surface area contributed by atoms with E-state index in [4.69, 9.17) is 16.0 Å². The van der Waals surface area contributed by atoms with Crippen LogP contribution in [0.15, 0.2) is 33.3 Å². The fourth-order valence-electron chi connectivity index (χ4n) is 1.37. The lowest BCUT2D eigenvalue weighted by Gasteiger charge is -2.02. The maximum Gasteiger partial charge on any atom is 0.274 e. The minimum atomic E-state index is -3.65. The molecule has 7 heteroatoms. The van der Waals surface area contributed by atoms with Crippen LogP contribution in [0.25, 0.3) is 0 Å². The van der Waals surface area contributed by atoms with E-state index in [1.54, 1.807) is 6.07 Å². The lowest BCUT2D eigenvalue weighted by molar-refractivity contribution is 0.400. The first kappa shape index (κ1) is 13.6. The Morgan fingerprint density at radius 1 is 1.50 bits per heavy atom. The van der Waals surface area contributed by atoms with Crippen molar-refractivity contribution in [3.63, 3.8) is 0 Å². The fraction of sp³-hybridized carbons (Fsp3) is 0.455. The van der Waals surface area contributed by atoms with E-state index < -0.39 is 10.0 Å². The van der Waals surface area contributed by atoms with Gasteiger partial charge in [0.2, 0.25) is 5.09 Å². The average molecular weight is 291 g/mol. The molecule has 1 aromatic heterocycles. The van der Waals surface area contributed by atoms with Crippen molar-refractivity contribution in [2.75, 3.05) is 6.54 Å². The molecular weight excluding hydrogens is 276 g/mol. The second kappa shape index (κ2) is 5.44. The average Bonchev–Trinajstić information content (AvgIpc) is 3.00. The predicted molar refractivity (Wildman–Crippen MR) is 68.8 cm³/mol. The molecule has 0 radical (unpaired) electrons. The topological polar surface area (TPSA) is 71.3 Å². The molecule has 0 amide bonds. The van der Waals surface area contributed by atoms with E-state index in [1.165, 1.54) is 18.9 Å². The van der Waals surface area contributed by atoms with Crippen LogP contribution in [-0.4, -0.2) is 21.0 Å².